The van der Waals surface area contributed by atoms with Gasteiger partial charge in [-0.05, 0) is 62.1 Å². The highest BCUT2D eigenvalue weighted by Gasteiger charge is 2.45. The molecular formula is C33H49N3O7. The van der Waals surface area contributed by atoms with E-state index < -0.39 is 5.60 Å². The monoisotopic (exact) mass is 599 g/mol. The Bertz CT molecular complexity index is 1130. The normalized spacial score (nSPS) is 20.7. The molecule has 0 saturated carbocycles. The summed E-state index contributed by atoms with van der Waals surface area (Å²) in [5.74, 6) is 0.722. The Kier molecular flexibility index (Phi) is 13.1. The molecule has 2 aliphatic heterocycles. The highest BCUT2D eigenvalue weighted by molar-refractivity contribution is 5.76. The number of benzene rings is 2. The van der Waals surface area contributed by atoms with Crippen molar-refractivity contribution in [3.63, 3.8) is 0 Å². The summed E-state index contributed by atoms with van der Waals surface area (Å²) in [4.78, 5) is 14.7. The van der Waals surface area contributed by atoms with Crippen LogP contribution < -0.4 is 20.3 Å². The molecule has 1 amide bonds. The lowest BCUT2D eigenvalue weighted by atomic mass is 9.82. The van der Waals surface area contributed by atoms with Gasteiger partial charge in [-0.15, -0.1) is 0 Å². The van der Waals surface area contributed by atoms with Crippen LogP contribution in [0.5, 0.6) is 5.75 Å². The van der Waals surface area contributed by atoms with E-state index in [0.29, 0.717) is 46.0 Å². The largest absolute Gasteiger partial charge is 0.490 e. The van der Waals surface area contributed by atoms with Crippen molar-refractivity contribution in [3.8, 4) is 5.75 Å². The van der Waals surface area contributed by atoms with Gasteiger partial charge in [0, 0.05) is 40.5 Å². The molecule has 3 atom stereocenters. The third kappa shape index (κ3) is 9.14. The predicted molar refractivity (Wildman–Crippen MR) is 166 cm³/mol. The van der Waals surface area contributed by atoms with Crippen molar-refractivity contribution in [3.05, 3.63) is 59.2 Å². The lowest BCUT2D eigenvalue weighted by Gasteiger charge is -2.44. The quantitative estimate of drug-likeness (QED) is 0.265. The van der Waals surface area contributed by atoms with Gasteiger partial charge in [-0.3, -0.25) is 4.79 Å². The molecule has 43 heavy (non-hydrogen) atoms. The summed E-state index contributed by atoms with van der Waals surface area (Å²) in [5.41, 5.74) is 3.40. The Balaban J connectivity index is 1.49. The Hall–Kier alpha value is -2.73. The lowest BCUT2D eigenvalue weighted by molar-refractivity contribution is -0.175. The van der Waals surface area contributed by atoms with E-state index in [1.54, 1.807) is 14.2 Å². The number of hydrogen-bond acceptors (Lipinski definition) is 9. The van der Waals surface area contributed by atoms with Crippen LogP contribution in [0.15, 0.2) is 42.5 Å². The number of likely N-dealkylation sites (N-methyl/N-ethyl adjacent to an activating group) is 1. The van der Waals surface area contributed by atoms with E-state index in [1.165, 1.54) is 0 Å². The van der Waals surface area contributed by atoms with Crippen molar-refractivity contribution in [2.75, 3.05) is 78.3 Å². The Morgan fingerprint density at radius 2 is 2.00 bits per heavy atom. The molecule has 238 valence electrons. The number of carbonyl (C=O) groups excluding carboxylic acids is 1. The Labute approximate surface area is 256 Å². The number of nitrogens with one attached hydrogen (secondary N) is 2. The summed E-state index contributed by atoms with van der Waals surface area (Å²) in [5, 5.41) is 6.14. The van der Waals surface area contributed by atoms with Crippen LogP contribution >= 0.6 is 0 Å². The van der Waals surface area contributed by atoms with Crippen molar-refractivity contribution in [1.82, 2.24) is 10.6 Å². The fourth-order valence-corrected chi connectivity index (χ4v) is 5.67. The van der Waals surface area contributed by atoms with Crippen LogP contribution in [-0.4, -0.2) is 91.5 Å². The number of methoxy groups -OCH3 is 1. The minimum absolute atomic E-state index is 0.0524. The molecule has 0 bridgehead atoms. The first-order valence-electron chi connectivity index (χ1n) is 15.4. The molecule has 0 aliphatic carbocycles. The van der Waals surface area contributed by atoms with Crippen molar-refractivity contribution >= 4 is 11.6 Å². The molecule has 2 heterocycles. The summed E-state index contributed by atoms with van der Waals surface area (Å²) >= 11 is 0. The molecule has 1 saturated heterocycles. The van der Waals surface area contributed by atoms with E-state index in [4.69, 9.17) is 28.4 Å². The molecule has 2 aliphatic rings. The van der Waals surface area contributed by atoms with Crippen molar-refractivity contribution in [2.45, 2.75) is 57.7 Å². The van der Waals surface area contributed by atoms with Gasteiger partial charge in [0.05, 0.1) is 38.2 Å². The molecular weight excluding hydrogens is 550 g/mol. The maximum Gasteiger partial charge on any atom is 0.245 e. The maximum atomic E-state index is 12.3. The first-order chi connectivity index (χ1) is 21.0. The van der Waals surface area contributed by atoms with E-state index in [-0.39, 0.29) is 24.7 Å². The second-order valence-corrected chi connectivity index (χ2v) is 11.1. The van der Waals surface area contributed by atoms with E-state index in [2.05, 4.69) is 51.9 Å². The highest BCUT2D eigenvalue weighted by Crippen LogP contribution is 2.38. The molecule has 10 heteroatoms. The molecule has 0 aromatic heterocycles. The van der Waals surface area contributed by atoms with Crippen LogP contribution in [-0.2, 0) is 47.3 Å². The maximum absolute atomic E-state index is 12.3. The lowest BCUT2D eigenvalue weighted by Crippen LogP contribution is -2.55. The van der Waals surface area contributed by atoms with Crippen LogP contribution in [0.2, 0.25) is 0 Å². The average molecular weight is 600 g/mol. The van der Waals surface area contributed by atoms with Crippen LogP contribution in [0.1, 0.15) is 43.4 Å². The average Bonchev–Trinajstić information content (AvgIpc) is 3.03. The summed E-state index contributed by atoms with van der Waals surface area (Å²) in [6.45, 7) is 10.5. The zero-order valence-electron chi connectivity index (χ0n) is 26.2. The molecule has 10 nitrogen and oxygen atoms in total. The zero-order chi connectivity index (χ0) is 30.5. The molecule has 4 rings (SSSR count). The molecule has 1 unspecified atom stereocenters. The van der Waals surface area contributed by atoms with Crippen molar-refractivity contribution in [2.24, 2.45) is 0 Å². The third-order valence-corrected chi connectivity index (χ3v) is 7.99. The molecule has 2 N–H and O–H groups in total. The van der Waals surface area contributed by atoms with Crippen LogP contribution in [0.4, 0.5) is 5.69 Å². The van der Waals surface area contributed by atoms with E-state index in [0.717, 1.165) is 60.8 Å². The Morgan fingerprint density at radius 3 is 2.77 bits per heavy atom. The van der Waals surface area contributed by atoms with Crippen molar-refractivity contribution in [1.29, 1.82) is 0 Å². The SMILES string of the molecule is CCOC(C)COCc1ccc([C@@]2(OCC(=O)NC)CCNC[C@@H]2OCc2ccc3c(c2)N(CCCOC)CCO3)cc1. The number of hydrogen-bond donors (Lipinski definition) is 2. The molecule has 1 fully saturated rings. The number of piperidine rings is 1. The third-order valence-electron chi connectivity index (χ3n) is 7.99. The minimum Gasteiger partial charge on any atom is -0.490 e. The molecule has 2 aromatic rings. The molecule has 0 radical (unpaired) electrons. The first-order valence-corrected chi connectivity index (χ1v) is 15.4. The standard InChI is InChI=1S/C33H49N3O7/c1-5-40-25(2)21-39-22-26-7-10-28(11-8-26)33(43-24-32(37)34-3)13-14-35-20-31(33)42-23-27-9-12-30-29(19-27)36(16-18-41-30)15-6-17-38-4/h7-12,19,25,31,35H,5-6,13-18,20-24H2,1-4H3,(H,34,37)/t25?,31-,33-/m0/s1. The first kappa shape index (κ1) is 33.2. The van der Waals surface area contributed by atoms with E-state index in [9.17, 15) is 4.79 Å². The summed E-state index contributed by atoms with van der Waals surface area (Å²) < 4.78 is 35.7. The summed E-state index contributed by atoms with van der Waals surface area (Å²) in [7, 11) is 3.35. The predicted octanol–water partition coefficient (Wildman–Crippen LogP) is 3.40. The molecule has 0 spiro atoms. The summed E-state index contributed by atoms with van der Waals surface area (Å²) in [6.07, 6.45) is 1.36. The van der Waals surface area contributed by atoms with Gasteiger partial charge in [0.15, 0.2) is 0 Å². The number of anilines is 1. The zero-order valence-corrected chi connectivity index (χ0v) is 26.2. The number of ether oxygens (including phenoxy) is 6. The second kappa shape index (κ2) is 16.9. The second-order valence-electron chi connectivity index (χ2n) is 11.1. The van der Waals surface area contributed by atoms with E-state index in [1.807, 2.05) is 19.9 Å². The van der Waals surface area contributed by atoms with Crippen LogP contribution in [0.3, 0.4) is 0 Å². The number of carbonyl (C=O) groups is 1. The van der Waals surface area contributed by atoms with Crippen molar-refractivity contribution < 1.29 is 33.2 Å². The number of amides is 1. The van der Waals surface area contributed by atoms with Gasteiger partial charge >= 0.3 is 0 Å². The number of rotatable bonds is 17. The highest BCUT2D eigenvalue weighted by atomic mass is 16.6. The van der Waals surface area contributed by atoms with Crippen LogP contribution in [0.25, 0.3) is 0 Å². The van der Waals surface area contributed by atoms with Gasteiger partial charge < -0.3 is 44.0 Å². The fourth-order valence-electron chi connectivity index (χ4n) is 5.67. The van der Waals surface area contributed by atoms with Gasteiger partial charge in [-0.25, -0.2) is 0 Å². The van der Waals surface area contributed by atoms with Gasteiger partial charge in [0.25, 0.3) is 0 Å². The molecule has 2 aromatic carbocycles. The van der Waals surface area contributed by atoms with Gasteiger partial charge in [-0.2, -0.15) is 0 Å². The van der Waals surface area contributed by atoms with Crippen LogP contribution in [0, 0.1) is 0 Å². The fraction of sp³-hybridized carbons (Fsp3) is 0.606. The minimum atomic E-state index is -0.788. The number of nitrogens with zero attached hydrogens (tertiary/aromatic N) is 1. The van der Waals surface area contributed by atoms with Gasteiger partial charge in [-0.1, -0.05) is 30.3 Å². The Morgan fingerprint density at radius 1 is 1.19 bits per heavy atom. The smallest absolute Gasteiger partial charge is 0.245 e. The summed E-state index contributed by atoms with van der Waals surface area (Å²) in [6, 6.07) is 14.5. The number of fused-ring (bicyclic) bond motifs is 1. The van der Waals surface area contributed by atoms with Gasteiger partial charge in [0.1, 0.15) is 30.7 Å². The van der Waals surface area contributed by atoms with E-state index >= 15 is 0 Å². The topological polar surface area (TPSA) is 99.8 Å². The van der Waals surface area contributed by atoms with Gasteiger partial charge in [0.2, 0.25) is 5.91 Å².